The summed E-state index contributed by atoms with van der Waals surface area (Å²) in [4.78, 5) is 17.1. The van der Waals surface area contributed by atoms with E-state index in [0.29, 0.717) is 6.04 Å². The molecule has 0 N–H and O–H groups in total. The lowest BCUT2D eigenvalue weighted by Crippen LogP contribution is -2.57. The molecular weight excluding hydrogens is 340 g/mol. The second kappa shape index (κ2) is 6.86. The molecule has 1 atom stereocenters. The van der Waals surface area contributed by atoms with Crippen LogP contribution in [0, 0.1) is 0 Å². The number of amides is 2. The molecule has 1 aromatic carbocycles. The molecule has 2 aliphatic rings. The third kappa shape index (κ3) is 3.07. The first-order valence-corrected chi connectivity index (χ1v) is 8.98. The minimum absolute atomic E-state index is 0.0912. The highest BCUT2D eigenvalue weighted by Crippen LogP contribution is 2.31. The van der Waals surface area contributed by atoms with E-state index in [2.05, 4.69) is 27.4 Å². The zero-order chi connectivity index (χ0) is 15.5. The highest BCUT2D eigenvalue weighted by atomic mass is 79.9. The SMILES string of the molecule is C=CC1CCN(C2CCCCC2)C(=O)N1c1ccc(Br)cc1. The Morgan fingerprint density at radius 3 is 2.41 bits per heavy atom. The van der Waals surface area contributed by atoms with Crippen molar-refractivity contribution in [1.82, 2.24) is 4.90 Å². The topological polar surface area (TPSA) is 23.6 Å². The molecule has 1 aromatic rings. The van der Waals surface area contributed by atoms with E-state index in [1.165, 1.54) is 19.3 Å². The van der Waals surface area contributed by atoms with Gasteiger partial charge in [-0.3, -0.25) is 4.90 Å². The fourth-order valence-electron chi connectivity index (χ4n) is 3.63. The lowest BCUT2D eigenvalue weighted by Gasteiger charge is -2.44. The van der Waals surface area contributed by atoms with E-state index in [1.54, 1.807) is 0 Å². The molecule has 4 heteroatoms. The van der Waals surface area contributed by atoms with E-state index in [0.717, 1.165) is 36.0 Å². The van der Waals surface area contributed by atoms with Crippen LogP contribution in [0.3, 0.4) is 0 Å². The van der Waals surface area contributed by atoms with Crippen molar-refractivity contribution in [3.8, 4) is 0 Å². The molecule has 1 heterocycles. The van der Waals surface area contributed by atoms with Crippen molar-refractivity contribution in [3.63, 3.8) is 0 Å². The lowest BCUT2D eigenvalue weighted by molar-refractivity contribution is 0.146. The van der Waals surface area contributed by atoms with Gasteiger partial charge in [-0.05, 0) is 43.5 Å². The predicted molar refractivity (Wildman–Crippen MR) is 94.2 cm³/mol. The highest BCUT2D eigenvalue weighted by Gasteiger charge is 2.36. The number of carbonyl (C=O) groups is 1. The number of nitrogens with zero attached hydrogens (tertiary/aromatic N) is 2. The molecule has 0 aromatic heterocycles. The van der Waals surface area contributed by atoms with Crippen molar-refractivity contribution in [2.24, 2.45) is 0 Å². The van der Waals surface area contributed by atoms with Gasteiger partial charge in [-0.1, -0.05) is 41.3 Å². The van der Waals surface area contributed by atoms with Crippen LogP contribution in [0.5, 0.6) is 0 Å². The standard InChI is InChI=1S/C18H23BrN2O/c1-2-15-12-13-20(16-6-4-3-5-7-16)18(22)21(15)17-10-8-14(19)9-11-17/h2,8-11,15-16H,1,3-7,12-13H2. The smallest absolute Gasteiger partial charge is 0.321 e. The normalized spacial score (nSPS) is 23.7. The van der Waals surface area contributed by atoms with Crippen LogP contribution in [-0.2, 0) is 0 Å². The van der Waals surface area contributed by atoms with Gasteiger partial charge < -0.3 is 4.90 Å². The number of rotatable bonds is 3. The summed E-state index contributed by atoms with van der Waals surface area (Å²) < 4.78 is 1.03. The first-order chi connectivity index (χ1) is 10.7. The molecule has 3 rings (SSSR count). The zero-order valence-corrected chi connectivity index (χ0v) is 14.5. The molecule has 22 heavy (non-hydrogen) atoms. The third-order valence-corrected chi connectivity index (χ3v) is 5.37. The Labute approximate surface area is 141 Å². The fourth-order valence-corrected chi connectivity index (χ4v) is 3.90. The van der Waals surface area contributed by atoms with E-state index in [4.69, 9.17) is 0 Å². The summed E-state index contributed by atoms with van der Waals surface area (Å²) in [6.45, 7) is 4.78. The monoisotopic (exact) mass is 362 g/mol. The van der Waals surface area contributed by atoms with E-state index < -0.39 is 0 Å². The summed E-state index contributed by atoms with van der Waals surface area (Å²) in [6, 6.07) is 8.64. The van der Waals surface area contributed by atoms with Crippen LogP contribution in [0.25, 0.3) is 0 Å². The lowest BCUT2D eigenvalue weighted by atomic mass is 9.93. The molecule has 1 aliphatic heterocycles. The van der Waals surface area contributed by atoms with Gasteiger partial charge in [0.15, 0.2) is 0 Å². The number of carbonyl (C=O) groups excluding carboxylic acids is 1. The second-order valence-corrected chi connectivity index (χ2v) is 7.12. The van der Waals surface area contributed by atoms with Gasteiger partial charge >= 0.3 is 6.03 Å². The summed E-state index contributed by atoms with van der Waals surface area (Å²) >= 11 is 3.46. The molecule has 1 saturated heterocycles. The number of benzene rings is 1. The third-order valence-electron chi connectivity index (χ3n) is 4.84. The van der Waals surface area contributed by atoms with Gasteiger partial charge in [-0.2, -0.15) is 0 Å². The summed E-state index contributed by atoms with van der Waals surface area (Å²) in [5.74, 6) is 0. The van der Waals surface area contributed by atoms with Gasteiger partial charge in [0.25, 0.3) is 0 Å². The maximum absolute atomic E-state index is 13.1. The minimum atomic E-state index is 0.0912. The van der Waals surface area contributed by atoms with Crippen molar-refractivity contribution in [2.45, 2.75) is 50.6 Å². The zero-order valence-electron chi connectivity index (χ0n) is 12.9. The van der Waals surface area contributed by atoms with Crippen LogP contribution in [0.4, 0.5) is 10.5 Å². The number of hydrogen-bond donors (Lipinski definition) is 0. The van der Waals surface area contributed by atoms with Gasteiger partial charge in [0.05, 0.1) is 6.04 Å². The van der Waals surface area contributed by atoms with Crippen molar-refractivity contribution >= 4 is 27.6 Å². The molecule has 3 nitrogen and oxygen atoms in total. The summed E-state index contributed by atoms with van der Waals surface area (Å²) in [5.41, 5.74) is 0.957. The molecule has 118 valence electrons. The van der Waals surface area contributed by atoms with Gasteiger partial charge in [-0.25, -0.2) is 4.79 Å². The second-order valence-electron chi connectivity index (χ2n) is 6.21. The average molecular weight is 363 g/mol. The van der Waals surface area contributed by atoms with Crippen LogP contribution in [0.15, 0.2) is 41.4 Å². The van der Waals surface area contributed by atoms with Gasteiger partial charge in [-0.15, -0.1) is 6.58 Å². The fraction of sp³-hybridized carbons (Fsp3) is 0.500. The van der Waals surface area contributed by atoms with E-state index >= 15 is 0 Å². The Morgan fingerprint density at radius 1 is 1.09 bits per heavy atom. The van der Waals surface area contributed by atoms with Crippen molar-refractivity contribution in [3.05, 3.63) is 41.4 Å². The quantitative estimate of drug-likeness (QED) is 0.696. The Balaban J connectivity index is 1.85. The summed E-state index contributed by atoms with van der Waals surface area (Å²) in [7, 11) is 0. The summed E-state index contributed by atoms with van der Waals surface area (Å²) in [6.07, 6.45) is 8.97. The average Bonchev–Trinajstić information content (AvgIpc) is 2.56. The molecule has 1 unspecified atom stereocenters. The van der Waals surface area contributed by atoms with Crippen LogP contribution in [-0.4, -0.2) is 29.6 Å². The molecule has 0 spiro atoms. The number of hydrogen-bond acceptors (Lipinski definition) is 1. The van der Waals surface area contributed by atoms with Crippen molar-refractivity contribution in [2.75, 3.05) is 11.4 Å². The summed E-state index contributed by atoms with van der Waals surface area (Å²) in [5, 5.41) is 0. The van der Waals surface area contributed by atoms with Gasteiger partial charge in [0, 0.05) is 22.7 Å². The van der Waals surface area contributed by atoms with Crippen LogP contribution < -0.4 is 4.90 Å². The predicted octanol–water partition coefficient (Wildman–Crippen LogP) is 4.97. The van der Waals surface area contributed by atoms with E-state index in [9.17, 15) is 4.79 Å². The van der Waals surface area contributed by atoms with Crippen LogP contribution in [0.1, 0.15) is 38.5 Å². The molecule has 2 fully saturated rings. The molecule has 2 amide bonds. The van der Waals surface area contributed by atoms with Gasteiger partial charge in [0.1, 0.15) is 0 Å². The Morgan fingerprint density at radius 2 is 1.77 bits per heavy atom. The number of anilines is 1. The molecular formula is C18H23BrN2O. The molecule has 0 bridgehead atoms. The number of urea groups is 1. The van der Waals surface area contributed by atoms with Crippen LogP contribution >= 0.6 is 15.9 Å². The number of halogens is 1. The van der Waals surface area contributed by atoms with E-state index in [1.807, 2.05) is 35.2 Å². The maximum atomic E-state index is 13.1. The largest absolute Gasteiger partial charge is 0.325 e. The van der Waals surface area contributed by atoms with Crippen molar-refractivity contribution < 1.29 is 4.79 Å². The Bertz CT molecular complexity index is 537. The Kier molecular flexibility index (Phi) is 4.87. The van der Waals surface area contributed by atoms with Gasteiger partial charge in [0.2, 0.25) is 0 Å². The highest BCUT2D eigenvalue weighted by molar-refractivity contribution is 9.10. The van der Waals surface area contributed by atoms with Crippen LogP contribution in [0.2, 0.25) is 0 Å². The van der Waals surface area contributed by atoms with E-state index in [-0.39, 0.29) is 12.1 Å². The Hall–Kier alpha value is -1.29. The molecule has 1 aliphatic carbocycles. The molecule has 1 saturated carbocycles. The minimum Gasteiger partial charge on any atom is -0.321 e. The maximum Gasteiger partial charge on any atom is 0.325 e. The first-order valence-electron chi connectivity index (χ1n) is 8.18. The molecule has 0 radical (unpaired) electrons. The van der Waals surface area contributed by atoms with Crippen molar-refractivity contribution in [1.29, 1.82) is 0 Å². The first kappa shape index (κ1) is 15.6.